The van der Waals surface area contributed by atoms with Crippen LogP contribution < -0.4 is 25.2 Å². The van der Waals surface area contributed by atoms with Crippen LogP contribution in [-0.4, -0.2) is 93.1 Å². The summed E-state index contributed by atoms with van der Waals surface area (Å²) in [5, 5.41) is 17.3. The van der Waals surface area contributed by atoms with Crippen molar-refractivity contribution < 1.29 is 31.9 Å². The molecule has 1 spiro atoms. The third-order valence-corrected chi connectivity index (χ3v) is 13.6. The van der Waals surface area contributed by atoms with Crippen LogP contribution in [0.1, 0.15) is 68.5 Å². The standard InChI is InChI=1S/C43H46F4N10O4S/c1-5-53(3)62-52-36-9-7-33(44)39(31(36)21-48)61-27-6-8-35-29(14-27)41(60)57(23-50-35)26-19-42(20-26)17-25(18-42)55-12-10-32(43(46,47)22-55)28-16-37-30(15-34(28)45)40(51-54(37)4)56(24-58)13-11-38(59)49-2/h6-9,14-16,23-26,32,52H,5,10-13,17-20,22H2,1-4H3,(H,49,59). The average molecular weight is 875 g/mol. The van der Waals surface area contributed by atoms with Gasteiger partial charge in [-0.2, -0.15) is 10.4 Å². The van der Waals surface area contributed by atoms with Crippen molar-refractivity contribution in [1.29, 1.82) is 5.26 Å². The molecule has 326 valence electrons. The van der Waals surface area contributed by atoms with Gasteiger partial charge in [0.1, 0.15) is 23.2 Å². The number of rotatable bonds is 14. The maximum absolute atomic E-state index is 16.0. The number of amides is 2. The summed E-state index contributed by atoms with van der Waals surface area (Å²) in [6, 6.07) is 11.7. The van der Waals surface area contributed by atoms with Crippen LogP contribution in [0.4, 0.5) is 29.1 Å². The maximum atomic E-state index is 16.0. The molecule has 2 amide bonds. The summed E-state index contributed by atoms with van der Waals surface area (Å²) in [4.78, 5) is 45.0. The number of likely N-dealkylation sites (tertiary alicyclic amines) is 1. The number of benzene rings is 3. The highest BCUT2D eigenvalue weighted by Crippen LogP contribution is 2.62. The number of carbonyl (C=O) groups is 2. The smallest absolute Gasteiger partial charge is 0.267 e. The van der Waals surface area contributed by atoms with Gasteiger partial charge in [-0.3, -0.25) is 33.4 Å². The number of piperidine rings is 1. The number of hydrogen-bond acceptors (Lipinski definition) is 11. The monoisotopic (exact) mass is 874 g/mol. The van der Waals surface area contributed by atoms with E-state index in [0.717, 1.165) is 12.6 Å². The van der Waals surface area contributed by atoms with Crippen LogP contribution >= 0.6 is 12.1 Å². The topological polar surface area (TPSA) is 154 Å². The number of ether oxygens (including phenoxy) is 1. The Morgan fingerprint density at radius 3 is 2.55 bits per heavy atom. The molecular formula is C43H46F4N10O4S. The van der Waals surface area contributed by atoms with Crippen LogP contribution in [0, 0.1) is 28.4 Å². The molecule has 3 aliphatic rings. The van der Waals surface area contributed by atoms with E-state index >= 15 is 17.6 Å². The number of hydrogen-bond donors (Lipinski definition) is 2. The Labute approximate surface area is 359 Å². The Bertz CT molecular complexity index is 2660. The molecule has 0 radical (unpaired) electrons. The lowest BCUT2D eigenvalue weighted by molar-refractivity contribution is -0.139. The molecule has 1 aliphatic heterocycles. The zero-order valence-electron chi connectivity index (χ0n) is 34.6. The second-order valence-corrected chi connectivity index (χ2v) is 17.6. The summed E-state index contributed by atoms with van der Waals surface area (Å²) in [6.07, 6.45) is 4.86. The van der Waals surface area contributed by atoms with Crippen LogP contribution in [0.2, 0.25) is 0 Å². The van der Waals surface area contributed by atoms with Crippen LogP contribution in [0.25, 0.3) is 21.8 Å². The molecule has 1 atom stereocenters. The third-order valence-electron chi connectivity index (χ3n) is 12.7. The lowest BCUT2D eigenvalue weighted by Crippen LogP contribution is -2.61. The van der Waals surface area contributed by atoms with E-state index in [0.29, 0.717) is 55.4 Å². The van der Waals surface area contributed by atoms with Gasteiger partial charge in [0.15, 0.2) is 17.4 Å². The van der Waals surface area contributed by atoms with Crippen molar-refractivity contribution in [1.82, 2.24) is 33.9 Å². The first-order chi connectivity index (χ1) is 29.7. The number of alkyl halides is 2. The molecule has 19 heteroatoms. The van der Waals surface area contributed by atoms with Crippen LogP contribution in [0.15, 0.2) is 53.6 Å². The number of aromatic nitrogens is 4. The third kappa shape index (κ3) is 7.95. The molecule has 2 saturated carbocycles. The fraction of sp³-hybridized carbons (Fsp3) is 0.442. The predicted octanol–water partition coefficient (Wildman–Crippen LogP) is 6.86. The van der Waals surface area contributed by atoms with Gasteiger partial charge in [-0.05, 0) is 99.1 Å². The number of halogens is 4. The SMILES string of the molecule is CCN(C)SNc1ccc(F)c(Oc2ccc3ncn(C4CC5(CC(N6CCC(c7cc8c(cc7F)c(N(C=O)CCC(=O)NC)nn8C)C(F)(F)C6)C5)C4)c(=O)c3c2)c1C#N. The van der Waals surface area contributed by atoms with E-state index in [4.69, 9.17) is 4.74 Å². The fourth-order valence-corrected chi connectivity index (χ4v) is 9.79. The van der Waals surface area contributed by atoms with E-state index in [2.05, 4.69) is 20.1 Å². The fourth-order valence-electron chi connectivity index (χ4n) is 9.24. The van der Waals surface area contributed by atoms with Crippen molar-refractivity contribution in [2.24, 2.45) is 12.5 Å². The van der Waals surface area contributed by atoms with Gasteiger partial charge in [0.05, 0.1) is 40.9 Å². The van der Waals surface area contributed by atoms with Gasteiger partial charge in [0, 0.05) is 63.2 Å². The minimum Gasteiger partial charge on any atom is -0.453 e. The van der Waals surface area contributed by atoms with E-state index in [1.54, 1.807) is 23.7 Å². The molecule has 62 heavy (non-hydrogen) atoms. The zero-order chi connectivity index (χ0) is 44.1. The van der Waals surface area contributed by atoms with Crippen molar-refractivity contribution in [3.05, 3.63) is 81.9 Å². The number of nitrogens with one attached hydrogen (secondary N) is 2. The Hall–Kier alpha value is -5.71. The molecule has 14 nitrogen and oxygen atoms in total. The summed E-state index contributed by atoms with van der Waals surface area (Å²) in [5.74, 6) is -6.36. The van der Waals surface area contributed by atoms with Gasteiger partial charge in [-0.1, -0.05) is 6.92 Å². The van der Waals surface area contributed by atoms with Crippen molar-refractivity contribution >= 4 is 57.8 Å². The van der Waals surface area contributed by atoms with Crippen molar-refractivity contribution in [2.75, 3.05) is 49.9 Å². The lowest BCUT2D eigenvalue weighted by atomic mass is 9.51. The normalized spacial score (nSPS) is 22.0. The van der Waals surface area contributed by atoms with Gasteiger partial charge < -0.3 is 14.8 Å². The van der Waals surface area contributed by atoms with Gasteiger partial charge in [-0.25, -0.2) is 26.9 Å². The Kier molecular flexibility index (Phi) is 11.7. The van der Waals surface area contributed by atoms with E-state index < -0.39 is 30.0 Å². The van der Waals surface area contributed by atoms with E-state index in [1.807, 2.05) is 29.2 Å². The Morgan fingerprint density at radius 2 is 1.85 bits per heavy atom. The molecular weight excluding hydrogens is 829 g/mol. The molecule has 5 aromatic rings. The lowest BCUT2D eigenvalue weighted by Gasteiger charge is -2.61. The maximum Gasteiger partial charge on any atom is 0.267 e. The second-order valence-electron chi connectivity index (χ2n) is 16.5. The van der Waals surface area contributed by atoms with E-state index in [9.17, 15) is 19.6 Å². The van der Waals surface area contributed by atoms with Crippen LogP contribution in [0.5, 0.6) is 11.5 Å². The van der Waals surface area contributed by atoms with Gasteiger partial charge in [0.25, 0.3) is 11.5 Å². The van der Waals surface area contributed by atoms with Gasteiger partial charge >= 0.3 is 0 Å². The summed E-state index contributed by atoms with van der Waals surface area (Å²) < 4.78 is 76.7. The van der Waals surface area contributed by atoms with Crippen LogP contribution in [0.3, 0.4) is 0 Å². The van der Waals surface area contributed by atoms with Gasteiger partial charge in [-0.15, -0.1) is 0 Å². The highest BCUT2D eigenvalue weighted by atomic mass is 32.2. The minimum absolute atomic E-state index is 0.00476. The number of nitrogens with zero attached hydrogens (tertiary/aromatic N) is 8. The number of carbonyl (C=O) groups excluding carboxylic acids is 2. The van der Waals surface area contributed by atoms with E-state index in [1.165, 1.54) is 59.4 Å². The molecule has 1 saturated heterocycles. The Balaban J connectivity index is 0.909. The molecule has 3 aromatic carbocycles. The highest BCUT2D eigenvalue weighted by molar-refractivity contribution is 7.98. The van der Waals surface area contributed by atoms with E-state index in [-0.39, 0.29) is 87.6 Å². The first-order valence-corrected chi connectivity index (χ1v) is 21.2. The van der Waals surface area contributed by atoms with Crippen molar-refractivity contribution in [3.63, 3.8) is 0 Å². The average Bonchev–Trinajstić information content (AvgIpc) is 3.54. The van der Waals surface area contributed by atoms with Crippen molar-refractivity contribution in [3.8, 4) is 17.6 Å². The number of nitriles is 1. The quantitative estimate of drug-likeness (QED) is 0.0684. The predicted molar refractivity (Wildman–Crippen MR) is 227 cm³/mol. The minimum atomic E-state index is -3.22. The second kappa shape index (κ2) is 16.9. The number of anilines is 2. The highest BCUT2D eigenvalue weighted by Gasteiger charge is 2.57. The summed E-state index contributed by atoms with van der Waals surface area (Å²) in [5.41, 5.74) is 0.703. The zero-order valence-corrected chi connectivity index (χ0v) is 35.4. The molecule has 3 fully saturated rings. The van der Waals surface area contributed by atoms with Crippen molar-refractivity contribution in [2.45, 2.75) is 69.4 Å². The van der Waals surface area contributed by atoms with Crippen LogP contribution in [-0.2, 0) is 16.6 Å². The molecule has 3 heterocycles. The number of fused-ring (bicyclic) bond motifs is 2. The number of aryl methyl sites for hydroxylation is 1. The molecule has 1 unspecified atom stereocenters. The van der Waals surface area contributed by atoms with Gasteiger partial charge in [0.2, 0.25) is 12.3 Å². The molecule has 2 aliphatic carbocycles. The largest absolute Gasteiger partial charge is 0.453 e. The summed E-state index contributed by atoms with van der Waals surface area (Å²) in [7, 11) is 4.93. The first-order valence-electron chi connectivity index (χ1n) is 20.4. The molecule has 2 N–H and O–H groups in total. The molecule has 8 rings (SSSR count). The summed E-state index contributed by atoms with van der Waals surface area (Å²) in [6.45, 7) is 2.56. The Morgan fingerprint density at radius 1 is 1.10 bits per heavy atom. The summed E-state index contributed by atoms with van der Waals surface area (Å²) >= 11 is 1.25. The molecule has 2 aromatic heterocycles. The first kappa shape index (κ1) is 43.0. The molecule has 0 bridgehead atoms.